The summed E-state index contributed by atoms with van der Waals surface area (Å²) in [6.45, 7) is 1.83. The number of nitriles is 2. The van der Waals surface area contributed by atoms with Crippen molar-refractivity contribution in [3.8, 4) is 12.1 Å². The summed E-state index contributed by atoms with van der Waals surface area (Å²) in [7, 11) is 0. The molecule has 1 aromatic rings. The van der Waals surface area contributed by atoms with E-state index in [0.717, 1.165) is 19.3 Å². The Bertz CT molecular complexity index is 515. The fourth-order valence-electron chi connectivity index (χ4n) is 2.55. The largest absolute Gasteiger partial charge is 0.378 e. The first-order valence-electron chi connectivity index (χ1n) is 7.99. The Morgan fingerprint density at radius 3 is 2.48 bits per heavy atom. The molecule has 1 fully saturated rings. The summed E-state index contributed by atoms with van der Waals surface area (Å²) in [6.07, 6.45) is 2.37. The summed E-state index contributed by atoms with van der Waals surface area (Å²) in [5.41, 5.74) is 1.21. The van der Waals surface area contributed by atoms with E-state index in [4.69, 9.17) is 24.7 Å². The molecular formula is C18H22N2O3. The van der Waals surface area contributed by atoms with E-state index in [9.17, 15) is 0 Å². The molecule has 23 heavy (non-hydrogen) atoms. The molecule has 1 saturated heterocycles. The number of benzene rings is 1. The highest BCUT2D eigenvalue weighted by Gasteiger charge is 2.21. The summed E-state index contributed by atoms with van der Waals surface area (Å²) >= 11 is 0. The van der Waals surface area contributed by atoms with Gasteiger partial charge in [0.15, 0.2) is 6.29 Å². The van der Waals surface area contributed by atoms with Crippen LogP contribution in [0.3, 0.4) is 0 Å². The lowest BCUT2D eigenvalue weighted by molar-refractivity contribution is -0.0602. The number of hydrogen-bond acceptors (Lipinski definition) is 5. The van der Waals surface area contributed by atoms with Crippen molar-refractivity contribution in [1.82, 2.24) is 0 Å². The zero-order valence-electron chi connectivity index (χ0n) is 13.2. The van der Waals surface area contributed by atoms with Crippen LogP contribution in [0.1, 0.15) is 24.8 Å². The van der Waals surface area contributed by atoms with Gasteiger partial charge in [-0.2, -0.15) is 10.5 Å². The molecule has 1 aliphatic heterocycles. The van der Waals surface area contributed by atoms with Crippen molar-refractivity contribution >= 4 is 0 Å². The topological polar surface area (TPSA) is 75.3 Å². The van der Waals surface area contributed by atoms with Crippen LogP contribution in [-0.4, -0.2) is 32.2 Å². The van der Waals surface area contributed by atoms with Gasteiger partial charge in [0.25, 0.3) is 0 Å². The quantitative estimate of drug-likeness (QED) is 0.700. The highest BCUT2D eigenvalue weighted by atomic mass is 16.7. The number of hydrogen-bond donors (Lipinski definition) is 0. The Morgan fingerprint density at radius 2 is 1.83 bits per heavy atom. The van der Waals surface area contributed by atoms with Gasteiger partial charge in [-0.25, -0.2) is 0 Å². The highest BCUT2D eigenvalue weighted by molar-refractivity contribution is 5.14. The van der Waals surface area contributed by atoms with E-state index >= 15 is 0 Å². The molecule has 0 saturated carbocycles. The molecule has 1 aliphatic rings. The third-order valence-electron chi connectivity index (χ3n) is 3.81. The molecule has 0 aliphatic carbocycles. The Morgan fingerprint density at radius 1 is 1.13 bits per heavy atom. The number of nitrogens with zero attached hydrogens (tertiary/aromatic N) is 2. The van der Waals surface area contributed by atoms with Crippen molar-refractivity contribution < 1.29 is 14.2 Å². The van der Waals surface area contributed by atoms with E-state index in [1.165, 1.54) is 5.56 Å². The van der Waals surface area contributed by atoms with E-state index < -0.39 is 5.92 Å². The first kappa shape index (κ1) is 17.4. The summed E-state index contributed by atoms with van der Waals surface area (Å²) < 4.78 is 16.8. The molecule has 0 N–H and O–H groups in total. The van der Waals surface area contributed by atoms with E-state index in [0.29, 0.717) is 26.2 Å². The van der Waals surface area contributed by atoms with Crippen LogP contribution in [0.15, 0.2) is 30.3 Å². The van der Waals surface area contributed by atoms with Gasteiger partial charge in [0, 0.05) is 12.8 Å². The normalized spacial score (nSPS) is 16.1. The van der Waals surface area contributed by atoms with Crippen LogP contribution in [0.5, 0.6) is 0 Å². The third-order valence-corrected chi connectivity index (χ3v) is 3.81. The Kier molecular flexibility index (Phi) is 7.56. The lowest BCUT2D eigenvalue weighted by Crippen LogP contribution is -2.21. The summed E-state index contributed by atoms with van der Waals surface area (Å²) in [5, 5.41) is 18.0. The highest BCUT2D eigenvalue weighted by Crippen LogP contribution is 2.18. The standard InChI is InChI=1S/C18H22N2O3/c19-13-16(14-20)12-17(6-7-18-22-10-11-23-18)21-9-8-15-4-2-1-3-5-15/h1-5,16-18H,6-12H2. The molecule has 1 atom stereocenters. The van der Waals surface area contributed by atoms with Gasteiger partial charge in [-0.15, -0.1) is 0 Å². The van der Waals surface area contributed by atoms with Crippen LogP contribution < -0.4 is 0 Å². The maximum absolute atomic E-state index is 8.98. The number of ether oxygens (including phenoxy) is 3. The van der Waals surface area contributed by atoms with Gasteiger partial charge in [-0.05, 0) is 18.4 Å². The van der Waals surface area contributed by atoms with Crippen LogP contribution in [0.2, 0.25) is 0 Å². The maximum Gasteiger partial charge on any atom is 0.157 e. The molecule has 1 unspecified atom stereocenters. The van der Waals surface area contributed by atoms with E-state index in [1.807, 2.05) is 30.3 Å². The van der Waals surface area contributed by atoms with Crippen LogP contribution in [0.25, 0.3) is 0 Å². The predicted molar refractivity (Wildman–Crippen MR) is 84.1 cm³/mol. The summed E-state index contributed by atoms with van der Waals surface area (Å²) in [5.74, 6) is -0.637. The molecule has 5 nitrogen and oxygen atoms in total. The molecule has 0 radical (unpaired) electrons. The third kappa shape index (κ3) is 6.38. The molecule has 0 amide bonds. The molecule has 0 aromatic heterocycles. The minimum absolute atomic E-state index is 0.129. The van der Waals surface area contributed by atoms with Gasteiger partial charge in [-0.3, -0.25) is 0 Å². The number of rotatable bonds is 9. The fraction of sp³-hybridized carbons (Fsp3) is 0.556. The zero-order chi connectivity index (χ0) is 16.3. The Hall–Kier alpha value is -1.92. The maximum atomic E-state index is 8.98. The van der Waals surface area contributed by atoms with Crippen molar-refractivity contribution in [3.05, 3.63) is 35.9 Å². The smallest absolute Gasteiger partial charge is 0.157 e. The van der Waals surface area contributed by atoms with Crippen molar-refractivity contribution in [2.24, 2.45) is 5.92 Å². The minimum Gasteiger partial charge on any atom is -0.378 e. The first-order valence-corrected chi connectivity index (χ1v) is 7.99. The van der Waals surface area contributed by atoms with Crippen molar-refractivity contribution in [2.45, 2.75) is 38.1 Å². The van der Waals surface area contributed by atoms with E-state index in [-0.39, 0.29) is 12.4 Å². The fourth-order valence-corrected chi connectivity index (χ4v) is 2.55. The first-order chi connectivity index (χ1) is 11.3. The predicted octanol–water partition coefficient (Wildman–Crippen LogP) is 2.82. The lowest BCUT2D eigenvalue weighted by Gasteiger charge is -2.19. The lowest BCUT2D eigenvalue weighted by atomic mass is 10.0. The molecule has 0 spiro atoms. The minimum atomic E-state index is -0.637. The van der Waals surface area contributed by atoms with Crippen molar-refractivity contribution in [1.29, 1.82) is 10.5 Å². The van der Waals surface area contributed by atoms with Gasteiger partial charge in [0.05, 0.1) is 38.1 Å². The van der Waals surface area contributed by atoms with Crippen LogP contribution >= 0.6 is 0 Å². The van der Waals surface area contributed by atoms with Gasteiger partial charge in [0.1, 0.15) is 5.92 Å². The van der Waals surface area contributed by atoms with E-state index in [1.54, 1.807) is 0 Å². The Balaban J connectivity index is 1.79. The molecule has 122 valence electrons. The molecule has 0 bridgehead atoms. The van der Waals surface area contributed by atoms with E-state index in [2.05, 4.69) is 12.1 Å². The second-order valence-electron chi connectivity index (χ2n) is 5.52. The van der Waals surface area contributed by atoms with Crippen LogP contribution in [0, 0.1) is 28.6 Å². The second kappa shape index (κ2) is 9.97. The van der Waals surface area contributed by atoms with Gasteiger partial charge in [-0.1, -0.05) is 30.3 Å². The van der Waals surface area contributed by atoms with Crippen LogP contribution in [-0.2, 0) is 20.6 Å². The molecule has 5 heteroatoms. The summed E-state index contributed by atoms with van der Waals surface area (Å²) in [4.78, 5) is 0. The van der Waals surface area contributed by atoms with Crippen LogP contribution in [0.4, 0.5) is 0 Å². The Labute approximate surface area is 137 Å². The monoisotopic (exact) mass is 314 g/mol. The van der Waals surface area contributed by atoms with Gasteiger partial charge in [0.2, 0.25) is 0 Å². The SMILES string of the molecule is N#CC(C#N)CC(CCC1OCCO1)OCCc1ccccc1. The zero-order valence-corrected chi connectivity index (χ0v) is 13.2. The second-order valence-corrected chi connectivity index (χ2v) is 5.52. The molecule has 1 heterocycles. The summed E-state index contributed by atoms with van der Waals surface area (Å²) in [6, 6.07) is 14.1. The molecular weight excluding hydrogens is 292 g/mol. The average Bonchev–Trinajstić information content (AvgIpc) is 3.11. The van der Waals surface area contributed by atoms with Gasteiger partial charge < -0.3 is 14.2 Å². The molecule has 2 rings (SSSR count). The van der Waals surface area contributed by atoms with Gasteiger partial charge >= 0.3 is 0 Å². The average molecular weight is 314 g/mol. The van der Waals surface area contributed by atoms with Crippen molar-refractivity contribution in [2.75, 3.05) is 19.8 Å². The molecule has 1 aromatic carbocycles. The van der Waals surface area contributed by atoms with Crippen molar-refractivity contribution in [3.63, 3.8) is 0 Å².